The largest absolute Gasteiger partial charge is 0.449 e. The summed E-state index contributed by atoms with van der Waals surface area (Å²) >= 11 is 0. The predicted molar refractivity (Wildman–Crippen MR) is 90.5 cm³/mol. The van der Waals surface area contributed by atoms with Gasteiger partial charge in [-0.1, -0.05) is 48.5 Å². The van der Waals surface area contributed by atoms with E-state index in [1.807, 2.05) is 24.3 Å². The lowest BCUT2D eigenvalue weighted by molar-refractivity contribution is 0.122. The zero-order valence-corrected chi connectivity index (χ0v) is 13.3. The fourth-order valence-corrected chi connectivity index (χ4v) is 2.86. The van der Waals surface area contributed by atoms with Crippen molar-refractivity contribution in [1.29, 1.82) is 0 Å². The van der Waals surface area contributed by atoms with Crippen LogP contribution >= 0.6 is 12.4 Å². The molecule has 1 amide bonds. The fraction of sp³-hybridized carbons (Fsp3) is 0.235. The molecule has 2 aromatic carbocycles. The highest BCUT2D eigenvalue weighted by atomic mass is 35.5. The Morgan fingerprint density at radius 1 is 1.04 bits per heavy atom. The minimum absolute atomic E-state index is 0. The van der Waals surface area contributed by atoms with Gasteiger partial charge in [0.1, 0.15) is 6.61 Å². The van der Waals surface area contributed by atoms with E-state index in [0.717, 1.165) is 0 Å². The van der Waals surface area contributed by atoms with Crippen LogP contribution in [0.3, 0.4) is 0 Å². The van der Waals surface area contributed by atoms with Gasteiger partial charge in [-0.25, -0.2) is 10.7 Å². The highest BCUT2D eigenvalue weighted by Gasteiger charge is 2.28. The lowest BCUT2D eigenvalue weighted by Gasteiger charge is -2.14. The molecule has 3 rings (SSSR count). The Kier molecular flexibility index (Phi) is 5.98. The molecule has 23 heavy (non-hydrogen) atoms. The monoisotopic (exact) mass is 334 g/mol. The Balaban J connectivity index is 0.00000192. The molecule has 6 heteroatoms. The summed E-state index contributed by atoms with van der Waals surface area (Å²) in [6.07, 6.45) is -0.459. The number of rotatable bonds is 5. The Morgan fingerprint density at radius 2 is 1.61 bits per heavy atom. The van der Waals surface area contributed by atoms with Gasteiger partial charge < -0.3 is 14.9 Å². The van der Waals surface area contributed by atoms with E-state index < -0.39 is 6.09 Å². The molecule has 0 saturated carbocycles. The first-order valence-corrected chi connectivity index (χ1v) is 7.22. The maximum atomic E-state index is 11.7. The van der Waals surface area contributed by atoms with Crippen LogP contribution in [0.1, 0.15) is 17.0 Å². The third kappa shape index (κ3) is 3.64. The standard InChI is InChI=1S/C17H18N2O3.ClH/c18-22-10-9-19-17(20)21-11-16-14-7-3-1-5-12(14)13-6-2-4-8-15(13)16;/h1-8,16H,9-11,18H2,(H,19,20);1H. The SMILES string of the molecule is Cl.NOCCNC(=O)OCC1c2ccccc2-c2ccccc21. The van der Waals surface area contributed by atoms with Gasteiger partial charge in [-0.2, -0.15) is 0 Å². The summed E-state index contributed by atoms with van der Waals surface area (Å²) in [6.45, 7) is 0.890. The first kappa shape index (κ1) is 17.3. The second-order valence-corrected chi connectivity index (χ2v) is 5.12. The number of ether oxygens (including phenoxy) is 1. The van der Waals surface area contributed by atoms with Crippen LogP contribution in [0, 0.1) is 0 Å². The van der Waals surface area contributed by atoms with Crippen molar-refractivity contribution in [3.8, 4) is 11.1 Å². The molecule has 5 nitrogen and oxygen atoms in total. The molecular weight excluding hydrogens is 316 g/mol. The lowest BCUT2D eigenvalue weighted by atomic mass is 9.98. The maximum absolute atomic E-state index is 11.7. The molecule has 0 radical (unpaired) electrons. The first-order valence-electron chi connectivity index (χ1n) is 7.22. The summed E-state index contributed by atoms with van der Waals surface area (Å²) in [7, 11) is 0. The van der Waals surface area contributed by atoms with Gasteiger partial charge >= 0.3 is 6.09 Å². The highest BCUT2D eigenvalue weighted by molar-refractivity contribution is 5.85. The van der Waals surface area contributed by atoms with Gasteiger partial charge in [-0.05, 0) is 22.3 Å². The van der Waals surface area contributed by atoms with E-state index >= 15 is 0 Å². The maximum Gasteiger partial charge on any atom is 0.407 e. The molecule has 0 unspecified atom stereocenters. The van der Waals surface area contributed by atoms with Crippen molar-refractivity contribution in [2.45, 2.75) is 5.92 Å². The average molecular weight is 335 g/mol. The summed E-state index contributed by atoms with van der Waals surface area (Å²) in [5, 5.41) is 2.59. The minimum Gasteiger partial charge on any atom is -0.449 e. The first-order chi connectivity index (χ1) is 10.8. The van der Waals surface area contributed by atoms with Crippen molar-refractivity contribution in [3.63, 3.8) is 0 Å². The number of carbonyl (C=O) groups is 1. The molecule has 2 aromatic rings. The van der Waals surface area contributed by atoms with E-state index in [9.17, 15) is 4.79 Å². The smallest absolute Gasteiger partial charge is 0.407 e. The Bertz CT molecular complexity index is 633. The number of hydrogen-bond donors (Lipinski definition) is 2. The molecule has 1 aliphatic rings. The van der Waals surface area contributed by atoms with Crippen molar-refractivity contribution in [1.82, 2.24) is 5.32 Å². The molecule has 0 saturated heterocycles. The molecule has 0 spiro atoms. The van der Waals surface area contributed by atoms with E-state index in [1.54, 1.807) is 0 Å². The van der Waals surface area contributed by atoms with Crippen LogP contribution in [0.15, 0.2) is 48.5 Å². The minimum atomic E-state index is -0.459. The molecule has 3 N–H and O–H groups in total. The zero-order chi connectivity index (χ0) is 15.4. The third-order valence-electron chi connectivity index (χ3n) is 3.83. The third-order valence-corrected chi connectivity index (χ3v) is 3.83. The molecule has 0 fully saturated rings. The van der Waals surface area contributed by atoms with Crippen LogP contribution in [-0.2, 0) is 9.57 Å². The van der Waals surface area contributed by atoms with Crippen LogP contribution in [0.4, 0.5) is 4.79 Å². The van der Waals surface area contributed by atoms with Crippen molar-refractivity contribution in [2.75, 3.05) is 19.8 Å². The number of alkyl carbamates (subject to hydrolysis) is 1. The summed E-state index contributed by atoms with van der Waals surface area (Å²) in [5.74, 6) is 4.98. The van der Waals surface area contributed by atoms with Crippen molar-refractivity contribution >= 4 is 18.5 Å². The van der Waals surface area contributed by atoms with Crippen molar-refractivity contribution in [3.05, 3.63) is 59.7 Å². The highest BCUT2D eigenvalue weighted by Crippen LogP contribution is 2.44. The van der Waals surface area contributed by atoms with Gasteiger partial charge in [-0.15, -0.1) is 12.4 Å². The van der Waals surface area contributed by atoms with Gasteiger partial charge in [0.25, 0.3) is 0 Å². The van der Waals surface area contributed by atoms with E-state index in [-0.39, 0.29) is 24.9 Å². The molecule has 0 bridgehead atoms. The van der Waals surface area contributed by atoms with Gasteiger partial charge in [0.15, 0.2) is 0 Å². The molecule has 0 aromatic heterocycles. The summed E-state index contributed by atoms with van der Waals surface area (Å²) < 4.78 is 5.34. The Labute approximate surface area is 141 Å². The number of nitrogens with two attached hydrogens (primary N) is 1. The second-order valence-electron chi connectivity index (χ2n) is 5.12. The van der Waals surface area contributed by atoms with Crippen LogP contribution in [0.25, 0.3) is 11.1 Å². The quantitative estimate of drug-likeness (QED) is 0.651. The van der Waals surface area contributed by atoms with Crippen LogP contribution in [-0.4, -0.2) is 25.9 Å². The Hall–Kier alpha value is -2.08. The number of hydrogen-bond acceptors (Lipinski definition) is 4. The van der Waals surface area contributed by atoms with E-state index in [4.69, 9.17) is 10.6 Å². The number of fused-ring (bicyclic) bond motifs is 3. The summed E-state index contributed by atoms with van der Waals surface area (Å²) in [4.78, 5) is 16.1. The van der Waals surface area contributed by atoms with Crippen molar-refractivity contribution in [2.24, 2.45) is 5.90 Å². The van der Waals surface area contributed by atoms with Crippen molar-refractivity contribution < 1.29 is 14.4 Å². The average Bonchev–Trinajstić information content (AvgIpc) is 2.87. The fourth-order valence-electron chi connectivity index (χ4n) is 2.86. The van der Waals surface area contributed by atoms with Gasteiger partial charge in [0, 0.05) is 12.5 Å². The van der Waals surface area contributed by atoms with Crippen LogP contribution in [0.2, 0.25) is 0 Å². The number of nitrogens with one attached hydrogen (secondary N) is 1. The molecule has 0 aliphatic heterocycles. The Morgan fingerprint density at radius 3 is 2.17 bits per heavy atom. The van der Waals surface area contributed by atoms with E-state index in [0.29, 0.717) is 13.2 Å². The molecular formula is C17H19ClN2O3. The number of amides is 1. The molecule has 0 atom stereocenters. The summed E-state index contributed by atoms with van der Waals surface area (Å²) in [5.41, 5.74) is 4.82. The zero-order valence-electron chi connectivity index (χ0n) is 12.5. The van der Waals surface area contributed by atoms with Gasteiger partial charge in [0.05, 0.1) is 6.61 Å². The number of halogens is 1. The normalized spacial score (nSPS) is 12.0. The lowest BCUT2D eigenvalue weighted by Crippen LogP contribution is -2.29. The topological polar surface area (TPSA) is 73.6 Å². The number of carbonyl (C=O) groups excluding carboxylic acids is 1. The van der Waals surface area contributed by atoms with E-state index in [1.165, 1.54) is 22.3 Å². The van der Waals surface area contributed by atoms with E-state index in [2.05, 4.69) is 34.4 Å². The van der Waals surface area contributed by atoms with Gasteiger partial charge in [0.2, 0.25) is 0 Å². The second kappa shape index (κ2) is 7.97. The van der Waals surface area contributed by atoms with Crippen LogP contribution < -0.4 is 11.2 Å². The van der Waals surface area contributed by atoms with Crippen LogP contribution in [0.5, 0.6) is 0 Å². The number of benzene rings is 2. The molecule has 0 heterocycles. The summed E-state index contributed by atoms with van der Waals surface area (Å²) in [6, 6.07) is 16.5. The van der Waals surface area contributed by atoms with Gasteiger partial charge in [-0.3, -0.25) is 0 Å². The molecule has 122 valence electrons. The molecule has 1 aliphatic carbocycles. The predicted octanol–water partition coefficient (Wildman–Crippen LogP) is 2.84.